The standard InChI is InChI=1S/C23H14N4O/c1-2-6-19-18(5-1)21-20(8-7-15-9-11-28-22(15)21)27(19)17-13-25-23(26-14-17)16-4-3-10-24-12-16/h1-14H. The highest BCUT2D eigenvalue weighted by molar-refractivity contribution is 6.19. The Morgan fingerprint density at radius 2 is 1.68 bits per heavy atom. The van der Waals surface area contributed by atoms with E-state index in [9.17, 15) is 0 Å². The maximum atomic E-state index is 5.81. The van der Waals surface area contributed by atoms with E-state index in [0.29, 0.717) is 5.82 Å². The molecular formula is C23H14N4O. The van der Waals surface area contributed by atoms with Crippen LogP contribution >= 0.6 is 0 Å². The largest absolute Gasteiger partial charge is 0.464 e. The molecule has 2 aromatic carbocycles. The van der Waals surface area contributed by atoms with Gasteiger partial charge in [0.25, 0.3) is 0 Å². The molecule has 28 heavy (non-hydrogen) atoms. The Hall–Kier alpha value is -3.99. The number of nitrogens with zero attached hydrogens (tertiary/aromatic N) is 4. The summed E-state index contributed by atoms with van der Waals surface area (Å²) in [4.78, 5) is 13.3. The third kappa shape index (κ3) is 2.10. The minimum Gasteiger partial charge on any atom is -0.464 e. The second kappa shape index (κ2) is 5.76. The monoisotopic (exact) mass is 362 g/mol. The SMILES string of the molecule is c1cncc(-c2ncc(-n3c4ccccc4c4c5occc5ccc43)cn2)c1. The van der Waals surface area contributed by atoms with Gasteiger partial charge in [0.15, 0.2) is 5.82 Å². The van der Waals surface area contributed by atoms with Gasteiger partial charge in [0, 0.05) is 28.7 Å². The van der Waals surface area contributed by atoms with Crippen molar-refractivity contribution in [2.45, 2.75) is 0 Å². The molecule has 4 aromatic heterocycles. The van der Waals surface area contributed by atoms with Crippen molar-refractivity contribution in [3.8, 4) is 17.1 Å². The number of rotatable bonds is 2. The van der Waals surface area contributed by atoms with E-state index in [1.54, 1.807) is 18.7 Å². The van der Waals surface area contributed by atoms with Gasteiger partial charge in [-0.3, -0.25) is 4.98 Å². The zero-order valence-electron chi connectivity index (χ0n) is 14.8. The number of fused-ring (bicyclic) bond motifs is 5. The van der Waals surface area contributed by atoms with Gasteiger partial charge in [0.1, 0.15) is 5.58 Å². The molecule has 6 aromatic rings. The molecule has 0 aliphatic heterocycles. The minimum atomic E-state index is 0.658. The number of benzene rings is 2. The molecule has 5 nitrogen and oxygen atoms in total. The van der Waals surface area contributed by atoms with E-state index in [-0.39, 0.29) is 0 Å². The first-order valence-corrected chi connectivity index (χ1v) is 9.02. The minimum absolute atomic E-state index is 0.658. The van der Waals surface area contributed by atoms with Crippen molar-refractivity contribution in [2.24, 2.45) is 0 Å². The van der Waals surface area contributed by atoms with Crippen LogP contribution in [-0.4, -0.2) is 19.5 Å². The Balaban J connectivity index is 1.63. The van der Waals surface area contributed by atoms with Gasteiger partial charge in [0.05, 0.1) is 40.8 Å². The Bertz CT molecular complexity index is 1450. The zero-order chi connectivity index (χ0) is 18.5. The van der Waals surface area contributed by atoms with Crippen molar-refractivity contribution in [3.05, 3.63) is 85.6 Å². The van der Waals surface area contributed by atoms with Crippen LogP contribution < -0.4 is 0 Å². The van der Waals surface area contributed by atoms with Crippen molar-refractivity contribution in [3.63, 3.8) is 0 Å². The number of para-hydroxylation sites is 1. The molecule has 6 rings (SSSR count). The van der Waals surface area contributed by atoms with Crippen LogP contribution in [0, 0.1) is 0 Å². The molecule has 5 heteroatoms. The molecule has 0 aliphatic rings. The van der Waals surface area contributed by atoms with Gasteiger partial charge in [0.2, 0.25) is 0 Å². The number of aromatic nitrogens is 4. The molecule has 0 unspecified atom stereocenters. The molecule has 0 N–H and O–H groups in total. The summed E-state index contributed by atoms with van der Waals surface area (Å²) in [6, 6.07) is 18.4. The number of furan rings is 1. The van der Waals surface area contributed by atoms with Crippen LogP contribution in [0.2, 0.25) is 0 Å². The van der Waals surface area contributed by atoms with Gasteiger partial charge in [-0.1, -0.05) is 18.2 Å². The van der Waals surface area contributed by atoms with Gasteiger partial charge in [-0.2, -0.15) is 0 Å². The van der Waals surface area contributed by atoms with E-state index >= 15 is 0 Å². The van der Waals surface area contributed by atoms with Crippen molar-refractivity contribution < 1.29 is 4.42 Å². The van der Waals surface area contributed by atoms with Gasteiger partial charge in [-0.05, 0) is 36.4 Å². The number of hydrogen-bond donors (Lipinski definition) is 0. The molecule has 0 saturated carbocycles. The summed E-state index contributed by atoms with van der Waals surface area (Å²) in [5, 5.41) is 3.35. The van der Waals surface area contributed by atoms with Gasteiger partial charge in [-0.25, -0.2) is 9.97 Å². The van der Waals surface area contributed by atoms with Crippen molar-refractivity contribution >= 4 is 32.8 Å². The Morgan fingerprint density at radius 1 is 0.786 bits per heavy atom. The smallest absolute Gasteiger partial charge is 0.160 e. The maximum absolute atomic E-state index is 5.81. The van der Waals surface area contributed by atoms with E-state index in [2.05, 4.69) is 49.9 Å². The molecule has 0 amide bonds. The maximum Gasteiger partial charge on any atom is 0.160 e. The van der Waals surface area contributed by atoms with E-state index < -0.39 is 0 Å². The van der Waals surface area contributed by atoms with Crippen molar-refractivity contribution in [2.75, 3.05) is 0 Å². The van der Waals surface area contributed by atoms with E-state index in [1.165, 1.54) is 0 Å². The lowest BCUT2D eigenvalue weighted by Gasteiger charge is -2.07. The van der Waals surface area contributed by atoms with Crippen LogP contribution in [0.1, 0.15) is 0 Å². The van der Waals surface area contributed by atoms with Crippen LogP contribution in [0.3, 0.4) is 0 Å². The fraction of sp³-hybridized carbons (Fsp3) is 0. The fourth-order valence-corrected chi connectivity index (χ4v) is 3.84. The second-order valence-corrected chi connectivity index (χ2v) is 6.66. The lowest BCUT2D eigenvalue weighted by molar-refractivity contribution is 0.619. The van der Waals surface area contributed by atoms with Crippen LogP contribution in [-0.2, 0) is 0 Å². The van der Waals surface area contributed by atoms with Crippen LogP contribution in [0.25, 0.3) is 49.9 Å². The average Bonchev–Trinajstić information content (AvgIpc) is 3.36. The highest BCUT2D eigenvalue weighted by Gasteiger charge is 2.16. The normalized spacial score (nSPS) is 11.6. The second-order valence-electron chi connectivity index (χ2n) is 6.66. The molecule has 132 valence electrons. The molecule has 0 bridgehead atoms. The van der Waals surface area contributed by atoms with E-state index in [4.69, 9.17) is 4.42 Å². The molecule has 4 heterocycles. The van der Waals surface area contributed by atoms with Crippen LogP contribution in [0.5, 0.6) is 0 Å². The first kappa shape index (κ1) is 15.1. The Kier molecular flexibility index (Phi) is 3.10. The predicted octanol–water partition coefficient (Wildman–Crippen LogP) is 5.38. The third-order valence-electron chi connectivity index (χ3n) is 5.07. The van der Waals surface area contributed by atoms with Gasteiger partial charge in [-0.15, -0.1) is 0 Å². The molecule has 0 saturated heterocycles. The lowest BCUT2D eigenvalue weighted by atomic mass is 10.1. The highest BCUT2D eigenvalue weighted by Crippen LogP contribution is 2.36. The molecule has 0 fully saturated rings. The first-order valence-electron chi connectivity index (χ1n) is 9.02. The fourth-order valence-electron chi connectivity index (χ4n) is 3.84. The zero-order valence-corrected chi connectivity index (χ0v) is 14.8. The summed E-state index contributed by atoms with van der Waals surface area (Å²) in [5.41, 5.74) is 4.87. The lowest BCUT2D eigenvalue weighted by Crippen LogP contribution is -1.97. The van der Waals surface area contributed by atoms with E-state index in [1.807, 2.05) is 36.7 Å². The summed E-state index contributed by atoms with van der Waals surface area (Å²) >= 11 is 0. The number of pyridine rings is 1. The number of hydrogen-bond acceptors (Lipinski definition) is 4. The first-order chi connectivity index (χ1) is 13.9. The van der Waals surface area contributed by atoms with Crippen molar-refractivity contribution in [1.29, 1.82) is 0 Å². The van der Waals surface area contributed by atoms with E-state index in [0.717, 1.165) is 44.0 Å². The highest BCUT2D eigenvalue weighted by atomic mass is 16.3. The summed E-state index contributed by atoms with van der Waals surface area (Å²) in [7, 11) is 0. The summed E-state index contributed by atoms with van der Waals surface area (Å²) in [6.07, 6.45) is 8.96. The third-order valence-corrected chi connectivity index (χ3v) is 5.07. The molecule has 0 spiro atoms. The summed E-state index contributed by atoms with van der Waals surface area (Å²) in [6.45, 7) is 0. The summed E-state index contributed by atoms with van der Waals surface area (Å²) < 4.78 is 7.99. The molecule has 0 radical (unpaired) electrons. The quantitative estimate of drug-likeness (QED) is 0.415. The topological polar surface area (TPSA) is 56.7 Å². The van der Waals surface area contributed by atoms with Crippen molar-refractivity contribution in [1.82, 2.24) is 19.5 Å². The molecule has 0 atom stereocenters. The Labute approximate surface area is 159 Å². The van der Waals surface area contributed by atoms with Crippen LogP contribution in [0.15, 0.2) is 90.1 Å². The molecule has 0 aliphatic carbocycles. The average molecular weight is 362 g/mol. The molecular weight excluding hydrogens is 348 g/mol. The van der Waals surface area contributed by atoms with Gasteiger partial charge >= 0.3 is 0 Å². The summed E-state index contributed by atoms with van der Waals surface area (Å²) in [5.74, 6) is 0.658. The van der Waals surface area contributed by atoms with Crippen LogP contribution in [0.4, 0.5) is 0 Å². The van der Waals surface area contributed by atoms with Gasteiger partial charge < -0.3 is 8.98 Å². The Morgan fingerprint density at radius 3 is 2.54 bits per heavy atom. The predicted molar refractivity (Wildman–Crippen MR) is 109 cm³/mol.